The van der Waals surface area contributed by atoms with Crippen LogP contribution in [0, 0.1) is 5.41 Å². The molecule has 1 saturated carbocycles. The zero-order valence-corrected chi connectivity index (χ0v) is 15.4. The number of rotatable bonds is 2. The number of nitrogens with one attached hydrogen (secondary N) is 1. The van der Waals surface area contributed by atoms with Crippen molar-refractivity contribution in [3.63, 3.8) is 0 Å². The Bertz CT molecular complexity index is 704. The molecule has 1 heterocycles. The van der Waals surface area contributed by atoms with E-state index in [0.29, 0.717) is 23.4 Å². The highest BCUT2D eigenvalue weighted by atomic mass is 79.9. The van der Waals surface area contributed by atoms with Gasteiger partial charge in [-0.1, -0.05) is 22.9 Å². The summed E-state index contributed by atoms with van der Waals surface area (Å²) < 4.78 is 6.62. The average Bonchev–Trinajstić information content (AvgIpc) is 3.25. The third kappa shape index (κ3) is 2.93. The maximum absolute atomic E-state index is 12.8. The molecule has 24 heavy (non-hydrogen) atoms. The normalized spacial score (nSPS) is 34.8. The topological polar surface area (TPSA) is 55.4 Å². The molecule has 2 fully saturated rings. The lowest BCUT2D eigenvalue weighted by molar-refractivity contribution is -0.150. The predicted molar refractivity (Wildman–Crippen MR) is 94.0 cm³/mol. The number of aryl methyl sites for hydroxylation is 1. The molecular formula is C19H22BrNO3. The number of ether oxygens (including phenoxy) is 1. The van der Waals surface area contributed by atoms with E-state index in [4.69, 9.17) is 4.74 Å². The zero-order valence-electron chi connectivity index (χ0n) is 13.8. The number of Topliss-reactive ketones (excluding diaryl/α,β-unsaturated/α-hetero) is 1. The molecule has 4 atom stereocenters. The van der Waals surface area contributed by atoms with Crippen LogP contribution in [-0.2, 0) is 16.0 Å². The number of hydrogen-bond acceptors (Lipinski definition) is 4. The van der Waals surface area contributed by atoms with E-state index in [0.717, 1.165) is 42.1 Å². The summed E-state index contributed by atoms with van der Waals surface area (Å²) in [6.07, 6.45) is 4.65. The molecule has 1 saturated heterocycles. The van der Waals surface area contributed by atoms with Gasteiger partial charge in [-0.25, -0.2) is 0 Å². The van der Waals surface area contributed by atoms with Gasteiger partial charge in [0.15, 0.2) is 6.10 Å². The molecule has 0 radical (unpaired) electrons. The summed E-state index contributed by atoms with van der Waals surface area (Å²) >= 11 is 3.45. The van der Waals surface area contributed by atoms with Crippen molar-refractivity contribution in [2.75, 3.05) is 0 Å². The molecule has 4 rings (SSSR count). The summed E-state index contributed by atoms with van der Waals surface area (Å²) in [6, 6.07) is 5.88. The average molecular weight is 392 g/mol. The lowest BCUT2D eigenvalue weighted by Crippen LogP contribution is -2.46. The van der Waals surface area contributed by atoms with Gasteiger partial charge in [0.2, 0.25) is 5.78 Å². The maximum atomic E-state index is 12.8. The smallest absolute Gasteiger partial charge is 0.323 e. The standard InChI is InChI=1S/C19H22BrNO3/c1-19-8-7-14(21-16(19)10-19)18(23)24-15-4-2-3-11-9-12(20)5-6-13(11)17(15)22/h5-6,9,14-16,21H,2-4,7-8,10H2,1H3. The zero-order chi connectivity index (χ0) is 16.9. The number of piperidine rings is 1. The van der Waals surface area contributed by atoms with Crippen LogP contribution in [0.15, 0.2) is 22.7 Å². The molecule has 2 aliphatic carbocycles. The number of fused-ring (bicyclic) bond motifs is 2. The largest absolute Gasteiger partial charge is 0.453 e. The van der Waals surface area contributed by atoms with E-state index in [9.17, 15) is 9.59 Å². The fourth-order valence-electron chi connectivity index (χ4n) is 4.06. The molecule has 4 unspecified atom stereocenters. The van der Waals surface area contributed by atoms with Crippen molar-refractivity contribution >= 4 is 27.7 Å². The summed E-state index contributed by atoms with van der Waals surface area (Å²) in [5, 5.41) is 3.39. The van der Waals surface area contributed by atoms with Crippen molar-refractivity contribution in [3.8, 4) is 0 Å². The Kier molecular flexibility index (Phi) is 4.04. The molecule has 5 heteroatoms. The van der Waals surface area contributed by atoms with Crippen molar-refractivity contribution in [2.24, 2.45) is 5.41 Å². The Morgan fingerprint density at radius 2 is 2.21 bits per heavy atom. The van der Waals surface area contributed by atoms with Gasteiger partial charge < -0.3 is 10.1 Å². The lowest BCUT2D eigenvalue weighted by atomic mass is 9.94. The number of benzene rings is 1. The maximum Gasteiger partial charge on any atom is 0.323 e. The molecule has 0 spiro atoms. The molecule has 1 aromatic carbocycles. The molecule has 1 aromatic rings. The van der Waals surface area contributed by atoms with E-state index >= 15 is 0 Å². The first-order valence-electron chi connectivity index (χ1n) is 8.75. The van der Waals surface area contributed by atoms with Crippen LogP contribution < -0.4 is 5.32 Å². The van der Waals surface area contributed by atoms with E-state index in [-0.39, 0.29) is 17.8 Å². The number of ketones is 1. The van der Waals surface area contributed by atoms with Gasteiger partial charge in [-0.2, -0.15) is 0 Å². The fraction of sp³-hybridized carbons (Fsp3) is 0.579. The Morgan fingerprint density at radius 1 is 1.38 bits per heavy atom. The van der Waals surface area contributed by atoms with Gasteiger partial charge in [0.1, 0.15) is 6.04 Å². The highest BCUT2D eigenvalue weighted by Crippen LogP contribution is 2.52. The van der Waals surface area contributed by atoms with Gasteiger partial charge in [0.25, 0.3) is 0 Å². The van der Waals surface area contributed by atoms with Crippen LogP contribution in [0.25, 0.3) is 0 Å². The Labute approximate surface area is 150 Å². The molecule has 0 amide bonds. The van der Waals surface area contributed by atoms with Crippen LogP contribution in [0.1, 0.15) is 54.9 Å². The summed E-state index contributed by atoms with van der Waals surface area (Å²) in [6.45, 7) is 2.26. The molecule has 128 valence electrons. The summed E-state index contributed by atoms with van der Waals surface area (Å²) in [5.41, 5.74) is 2.11. The van der Waals surface area contributed by atoms with Crippen LogP contribution in [0.5, 0.6) is 0 Å². The highest BCUT2D eigenvalue weighted by molar-refractivity contribution is 9.10. The molecule has 1 aliphatic heterocycles. The third-order valence-corrected chi connectivity index (χ3v) is 6.33. The van der Waals surface area contributed by atoms with E-state index in [1.807, 2.05) is 18.2 Å². The molecule has 0 aromatic heterocycles. The third-order valence-electron chi connectivity index (χ3n) is 5.84. The summed E-state index contributed by atoms with van der Waals surface area (Å²) in [4.78, 5) is 25.3. The van der Waals surface area contributed by atoms with Crippen LogP contribution >= 0.6 is 15.9 Å². The molecule has 4 nitrogen and oxygen atoms in total. The molecular weight excluding hydrogens is 370 g/mol. The Balaban J connectivity index is 1.45. The van der Waals surface area contributed by atoms with Crippen molar-refractivity contribution in [3.05, 3.63) is 33.8 Å². The molecule has 0 bridgehead atoms. The number of hydrogen-bond donors (Lipinski definition) is 1. The van der Waals surface area contributed by atoms with Gasteiger partial charge in [0, 0.05) is 16.1 Å². The minimum absolute atomic E-state index is 0.0598. The SMILES string of the molecule is CC12CCC(C(=O)OC3CCCc4cc(Br)ccc4C3=O)NC1C2. The van der Waals surface area contributed by atoms with Crippen molar-refractivity contribution < 1.29 is 14.3 Å². The first-order valence-corrected chi connectivity index (χ1v) is 9.55. The van der Waals surface area contributed by atoms with Gasteiger partial charge in [-0.3, -0.25) is 9.59 Å². The quantitative estimate of drug-likeness (QED) is 0.619. The van der Waals surface area contributed by atoms with Gasteiger partial charge in [-0.05, 0) is 67.7 Å². The van der Waals surface area contributed by atoms with Crippen molar-refractivity contribution in [1.29, 1.82) is 0 Å². The fourth-order valence-corrected chi connectivity index (χ4v) is 4.47. The monoisotopic (exact) mass is 391 g/mol. The Hall–Kier alpha value is -1.20. The number of esters is 1. The number of carbonyl (C=O) groups is 2. The minimum Gasteiger partial charge on any atom is -0.453 e. The van der Waals surface area contributed by atoms with Crippen LogP contribution in [-0.4, -0.2) is 29.9 Å². The second-order valence-electron chi connectivity index (χ2n) is 7.65. The first-order chi connectivity index (χ1) is 11.5. The molecule has 3 aliphatic rings. The van der Waals surface area contributed by atoms with E-state index in [1.54, 1.807) is 0 Å². The van der Waals surface area contributed by atoms with Crippen LogP contribution in [0.3, 0.4) is 0 Å². The Morgan fingerprint density at radius 3 is 3.00 bits per heavy atom. The van der Waals surface area contributed by atoms with Crippen LogP contribution in [0.4, 0.5) is 0 Å². The second-order valence-corrected chi connectivity index (χ2v) is 8.57. The summed E-state index contributed by atoms with van der Waals surface area (Å²) in [7, 11) is 0. The summed E-state index contributed by atoms with van der Waals surface area (Å²) in [5.74, 6) is -0.321. The first kappa shape index (κ1) is 16.3. The van der Waals surface area contributed by atoms with E-state index in [1.165, 1.54) is 0 Å². The van der Waals surface area contributed by atoms with E-state index in [2.05, 4.69) is 28.2 Å². The van der Waals surface area contributed by atoms with Crippen molar-refractivity contribution in [1.82, 2.24) is 5.32 Å². The molecule has 1 N–H and O–H groups in total. The van der Waals surface area contributed by atoms with Gasteiger partial charge in [0.05, 0.1) is 0 Å². The number of halogens is 1. The predicted octanol–water partition coefficient (Wildman–Crippen LogP) is 3.41. The van der Waals surface area contributed by atoms with Crippen molar-refractivity contribution in [2.45, 2.75) is 63.6 Å². The lowest BCUT2D eigenvalue weighted by Gasteiger charge is -2.27. The number of carbonyl (C=O) groups excluding carboxylic acids is 2. The van der Waals surface area contributed by atoms with Gasteiger partial charge >= 0.3 is 5.97 Å². The van der Waals surface area contributed by atoms with Gasteiger partial charge in [-0.15, -0.1) is 0 Å². The van der Waals surface area contributed by atoms with E-state index < -0.39 is 6.10 Å². The highest BCUT2D eigenvalue weighted by Gasteiger charge is 2.54. The van der Waals surface area contributed by atoms with Crippen LogP contribution in [0.2, 0.25) is 0 Å². The second kappa shape index (κ2) is 5.95. The minimum atomic E-state index is -0.644.